The third kappa shape index (κ3) is 3.98. The van der Waals surface area contributed by atoms with Gasteiger partial charge in [0.25, 0.3) is 0 Å². The standard InChI is InChI=1S/C11H17N3S/c1-14-9-10(6-11(14)7-12)8-13-4-3-5-15-2/h6,9,13H,3-5,8H2,1-2H3. The van der Waals surface area contributed by atoms with Crippen molar-refractivity contribution >= 4 is 11.8 Å². The van der Waals surface area contributed by atoms with Crippen LogP contribution in [0.3, 0.4) is 0 Å². The van der Waals surface area contributed by atoms with Crippen LogP contribution in [0.1, 0.15) is 17.7 Å². The van der Waals surface area contributed by atoms with Crippen LogP contribution in [-0.4, -0.2) is 23.1 Å². The molecule has 0 amide bonds. The van der Waals surface area contributed by atoms with Gasteiger partial charge in [-0.2, -0.15) is 17.0 Å². The van der Waals surface area contributed by atoms with Crippen LogP contribution in [0, 0.1) is 11.3 Å². The minimum absolute atomic E-state index is 0.718. The Bertz CT molecular complexity index is 338. The van der Waals surface area contributed by atoms with E-state index in [1.807, 2.05) is 35.6 Å². The molecule has 0 unspecified atom stereocenters. The number of nitrogens with one attached hydrogen (secondary N) is 1. The van der Waals surface area contributed by atoms with E-state index in [0.717, 1.165) is 18.8 Å². The molecular formula is C11H17N3S. The average molecular weight is 223 g/mol. The Kier molecular flexibility index (Phi) is 5.30. The molecule has 3 nitrogen and oxygen atoms in total. The fourth-order valence-electron chi connectivity index (χ4n) is 1.42. The van der Waals surface area contributed by atoms with E-state index in [2.05, 4.69) is 17.6 Å². The summed E-state index contributed by atoms with van der Waals surface area (Å²) in [6, 6.07) is 4.09. The lowest BCUT2D eigenvalue weighted by atomic mass is 10.3. The van der Waals surface area contributed by atoms with Crippen molar-refractivity contribution in [1.82, 2.24) is 9.88 Å². The highest BCUT2D eigenvalue weighted by Crippen LogP contribution is 2.05. The van der Waals surface area contributed by atoms with E-state index in [9.17, 15) is 0 Å². The predicted molar refractivity (Wildman–Crippen MR) is 64.8 cm³/mol. The van der Waals surface area contributed by atoms with Gasteiger partial charge in [0, 0.05) is 19.8 Å². The number of aryl methyl sites for hydroxylation is 1. The third-order valence-electron chi connectivity index (χ3n) is 2.21. The minimum Gasteiger partial charge on any atom is -0.342 e. The molecule has 0 saturated carbocycles. The molecule has 0 aliphatic rings. The lowest BCUT2D eigenvalue weighted by Gasteiger charge is -2.01. The topological polar surface area (TPSA) is 40.8 Å². The molecule has 0 aliphatic carbocycles. The largest absolute Gasteiger partial charge is 0.342 e. The Balaban J connectivity index is 2.29. The highest BCUT2D eigenvalue weighted by atomic mass is 32.2. The Morgan fingerprint density at radius 3 is 3.00 bits per heavy atom. The Morgan fingerprint density at radius 1 is 1.60 bits per heavy atom. The normalized spacial score (nSPS) is 10.2. The summed E-state index contributed by atoms with van der Waals surface area (Å²) >= 11 is 1.87. The first-order valence-corrected chi connectivity index (χ1v) is 6.42. The molecule has 0 aromatic carbocycles. The molecule has 0 bridgehead atoms. The molecule has 1 aromatic heterocycles. The van der Waals surface area contributed by atoms with Crippen LogP contribution in [-0.2, 0) is 13.6 Å². The van der Waals surface area contributed by atoms with E-state index < -0.39 is 0 Å². The van der Waals surface area contributed by atoms with Crippen LogP contribution >= 0.6 is 11.8 Å². The molecule has 82 valence electrons. The number of nitrogens with zero attached hydrogens (tertiary/aromatic N) is 2. The SMILES string of the molecule is CSCCCNCc1cc(C#N)n(C)c1. The van der Waals surface area contributed by atoms with Gasteiger partial charge in [0.15, 0.2) is 0 Å². The number of hydrogen-bond donors (Lipinski definition) is 1. The smallest absolute Gasteiger partial charge is 0.120 e. The van der Waals surface area contributed by atoms with Crippen molar-refractivity contribution in [2.75, 3.05) is 18.6 Å². The van der Waals surface area contributed by atoms with Crippen molar-refractivity contribution in [3.63, 3.8) is 0 Å². The van der Waals surface area contributed by atoms with Gasteiger partial charge in [-0.25, -0.2) is 0 Å². The van der Waals surface area contributed by atoms with Crippen molar-refractivity contribution in [1.29, 1.82) is 5.26 Å². The monoisotopic (exact) mass is 223 g/mol. The van der Waals surface area contributed by atoms with E-state index in [1.54, 1.807) is 0 Å². The van der Waals surface area contributed by atoms with Gasteiger partial charge in [0.2, 0.25) is 0 Å². The zero-order valence-electron chi connectivity index (χ0n) is 9.29. The summed E-state index contributed by atoms with van der Waals surface area (Å²) in [7, 11) is 1.90. The summed E-state index contributed by atoms with van der Waals surface area (Å²) in [6.45, 7) is 1.89. The summed E-state index contributed by atoms with van der Waals surface area (Å²) in [4.78, 5) is 0. The van der Waals surface area contributed by atoms with Gasteiger partial charge < -0.3 is 9.88 Å². The van der Waals surface area contributed by atoms with Crippen LogP contribution in [0.15, 0.2) is 12.3 Å². The molecule has 1 N–H and O–H groups in total. The first kappa shape index (κ1) is 12.2. The predicted octanol–water partition coefficient (Wildman–Crippen LogP) is 1.74. The second-order valence-electron chi connectivity index (χ2n) is 3.48. The molecule has 0 fully saturated rings. The van der Waals surface area contributed by atoms with Gasteiger partial charge in [0.05, 0.1) is 0 Å². The van der Waals surface area contributed by atoms with Gasteiger partial charge in [-0.1, -0.05) is 0 Å². The molecule has 0 atom stereocenters. The molecule has 0 aliphatic heterocycles. The number of thioether (sulfide) groups is 1. The fourth-order valence-corrected chi connectivity index (χ4v) is 1.85. The minimum atomic E-state index is 0.718. The molecule has 1 rings (SSSR count). The van der Waals surface area contributed by atoms with Crippen molar-refractivity contribution in [2.45, 2.75) is 13.0 Å². The molecule has 1 aromatic rings. The lowest BCUT2D eigenvalue weighted by molar-refractivity contribution is 0.678. The van der Waals surface area contributed by atoms with Gasteiger partial charge >= 0.3 is 0 Å². The molecule has 0 saturated heterocycles. The summed E-state index contributed by atoms with van der Waals surface area (Å²) < 4.78 is 1.86. The van der Waals surface area contributed by atoms with Crippen LogP contribution < -0.4 is 5.32 Å². The first-order valence-electron chi connectivity index (χ1n) is 5.03. The van der Waals surface area contributed by atoms with E-state index in [4.69, 9.17) is 5.26 Å². The van der Waals surface area contributed by atoms with Gasteiger partial charge in [-0.15, -0.1) is 0 Å². The number of rotatable bonds is 6. The summed E-state index contributed by atoms with van der Waals surface area (Å²) in [6.07, 6.45) is 5.32. The summed E-state index contributed by atoms with van der Waals surface area (Å²) in [5.41, 5.74) is 1.90. The maximum Gasteiger partial charge on any atom is 0.120 e. The van der Waals surface area contributed by atoms with Gasteiger partial charge in [-0.3, -0.25) is 0 Å². The van der Waals surface area contributed by atoms with E-state index >= 15 is 0 Å². The number of hydrogen-bond acceptors (Lipinski definition) is 3. The molecule has 0 radical (unpaired) electrons. The number of aromatic nitrogens is 1. The maximum absolute atomic E-state index is 8.78. The summed E-state index contributed by atoms with van der Waals surface area (Å²) in [5.74, 6) is 1.20. The fraction of sp³-hybridized carbons (Fsp3) is 0.545. The van der Waals surface area contributed by atoms with Gasteiger partial charge in [-0.05, 0) is 36.6 Å². The first-order chi connectivity index (χ1) is 7.27. The molecule has 0 spiro atoms. The van der Waals surface area contributed by atoms with E-state index in [0.29, 0.717) is 0 Å². The van der Waals surface area contributed by atoms with Crippen LogP contribution in [0.4, 0.5) is 0 Å². The highest BCUT2D eigenvalue weighted by molar-refractivity contribution is 7.98. The zero-order valence-corrected chi connectivity index (χ0v) is 10.1. The lowest BCUT2D eigenvalue weighted by Crippen LogP contribution is -2.14. The third-order valence-corrected chi connectivity index (χ3v) is 2.90. The molecular weight excluding hydrogens is 206 g/mol. The van der Waals surface area contributed by atoms with Crippen LogP contribution in [0.2, 0.25) is 0 Å². The molecule has 4 heteroatoms. The zero-order chi connectivity index (χ0) is 11.1. The van der Waals surface area contributed by atoms with Crippen molar-refractivity contribution < 1.29 is 0 Å². The second kappa shape index (κ2) is 6.54. The van der Waals surface area contributed by atoms with E-state index in [-0.39, 0.29) is 0 Å². The van der Waals surface area contributed by atoms with Crippen molar-refractivity contribution in [3.05, 3.63) is 23.5 Å². The van der Waals surface area contributed by atoms with E-state index in [1.165, 1.54) is 17.7 Å². The quantitative estimate of drug-likeness (QED) is 0.747. The molecule has 1 heterocycles. The average Bonchev–Trinajstić information content (AvgIpc) is 2.59. The van der Waals surface area contributed by atoms with Gasteiger partial charge in [0.1, 0.15) is 11.8 Å². The Hall–Kier alpha value is -0.920. The van der Waals surface area contributed by atoms with Crippen LogP contribution in [0.5, 0.6) is 0 Å². The molecule has 15 heavy (non-hydrogen) atoms. The maximum atomic E-state index is 8.78. The van der Waals surface area contributed by atoms with Crippen molar-refractivity contribution in [2.24, 2.45) is 7.05 Å². The Morgan fingerprint density at radius 2 is 2.40 bits per heavy atom. The van der Waals surface area contributed by atoms with Crippen LogP contribution in [0.25, 0.3) is 0 Å². The Labute approximate surface area is 95.5 Å². The summed E-state index contributed by atoms with van der Waals surface area (Å²) in [5, 5.41) is 12.1. The number of nitriles is 1. The highest BCUT2D eigenvalue weighted by Gasteiger charge is 2.00. The van der Waals surface area contributed by atoms with Crippen molar-refractivity contribution in [3.8, 4) is 6.07 Å². The second-order valence-corrected chi connectivity index (χ2v) is 4.47.